The molecule has 2 unspecified atom stereocenters. The van der Waals surface area contributed by atoms with Crippen LogP contribution in [0.25, 0.3) is 0 Å². The molecule has 0 saturated heterocycles. The van der Waals surface area contributed by atoms with E-state index in [1.54, 1.807) is 24.3 Å². The van der Waals surface area contributed by atoms with Crippen molar-refractivity contribution in [1.29, 1.82) is 0 Å². The van der Waals surface area contributed by atoms with E-state index in [1.807, 2.05) is 19.9 Å². The maximum absolute atomic E-state index is 11.8. The minimum atomic E-state index is -1.08. The SMILES string of the molecule is CC(C)CS(=O)CC(C(=O)O)c1ccccc1. The van der Waals surface area contributed by atoms with Gasteiger partial charge in [-0.25, -0.2) is 0 Å². The molecule has 1 N–H and O–H groups in total. The Morgan fingerprint density at radius 1 is 1.24 bits per heavy atom. The van der Waals surface area contributed by atoms with Crippen LogP contribution >= 0.6 is 0 Å². The van der Waals surface area contributed by atoms with Gasteiger partial charge < -0.3 is 5.11 Å². The van der Waals surface area contributed by atoms with E-state index in [4.69, 9.17) is 0 Å². The van der Waals surface area contributed by atoms with Gasteiger partial charge in [0.15, 0.2) is 0 Å². The molecule has 3 nitrogen and oxygen atoms in total. The third-order valence-electron chi connectivity index (χ3n) is 2.37. The van der Waals surface area contributed by atoms with E-state index in [0.717, 1.165) is 5.56 Å². The van der Waals surface area contributed by atoms with E-state index in [0.29, 0.717) is 11.7 Å². The van der Waals surface area contributed by atoms with Crippen LogP contribution in [0.3, 0.4) is 0 Å². The van der Waals surface area contributed by atoms with Crippen molar-refractivity contribution < 1.29 is 14.1 Å². The number of aliphatic carboxylic acids is 1. The van der Waals surface area contributed by atoms with Gasteiger partial charge in [-0.1, -0.05) is 44.2 Å². The molecular formula is C13H18O3S. The summed E-state index contributed by atoms with van der Waals surface area (Å²) in [5, 5.41) is 9.18. The lowest BCUT2D eigenvalue weighted by Gasteiger charge is -2.13. The van der Waals surface area contributed by atoms with Gasteiger partial charge in [0, 0.05) is 22.3 Å². The second-order valence-corrected chi connectivity index (χ2v) is 6.01. The molecule has 1 rings (SSSR count). The summed E-state index contributed by atoms with van der Waals surface area (Å²) in [7, 11) is -1.08. The Balaban J connectivity index is 2.75. The normalized spacial score (nSPS) is 14.5. The summed E-state index contributed by atoms with van der Waals surface area (Å²) in [6.07, 6.45) is 0. The van der Waals surface area contributed by atoms with Crippen LogP contribution in [-0.2, 0) is 15.6 Å². The van der Waals surface area contributed by atoms with Crippen LogP contribution in [0.15, 0.2) is 30.3 Å². The zero-order chi connectivity index (χ0) is 12.8. The standard InChI is InChI=1S/C13H18O3S/c1-10(2)8-17(16)9-12(13(14)15)11-6-4-3-5-7-11/h3-7,10,12H,8-9H2,1-2H3,(H,14,15). The molecular weight excluding hydrogens is 236 g/mol. The Labute approximate surface area is 104 Å². The number of rotatable bonds is 6. The molecule has 1 aromatic carbocycles. The summed E-state index contributed by atoms with van der Waals surface area (Å²) >= 11 is 0. The Hall–Kier alpha value is -1.16. The van der Waals surface area contributed by atoms with Crippen molar-refractivity contribution in [1.82, 2.24) is 0 Å². The van der Waals surface area contributed by atoms with Gasteiger partial charge in [0.2, 0.25) is 0 Å². The summed E-state index contributed by atoms with van der Waals surface area (Å²) in [6.45, 7) is 3.96. The zero-order valence-corrected chi connectivity index (χ0v) is 10.9. The molecule has 1 aromatic rings. The van der Waals surface area contributed by atoms with Crippen LogP contribution in [0.4, 0.5) is 0 Å². The van der Waals surface area contributed by atoms with Gasteiger partial charge in [-0.05, 0) is 11.5 Å². The van der Waals surface area contributed by atoms with Crippen LogP contribution in [0.1, 0.15) is 25.3 Å². The maximum atomic E-state index is 11.8. The monoisotopic (exact) mass is 254 g/mol. The maximum Gasteiger partial charge on any atom is 0.311 e. The van der Waals surface area contributed by atoms with Crippen molar-refractivity contribution in [3.63, 3.8) is 0 Å². The third-order valence-corrected chi connectivity index (χ3v) is 4.12. The Morgan fingerprint density at radius 2 is 1.82 bits per heavy atom. The highest BCUT2D eigenvalue weighted by atomic mass is 32.2. The molecule has 0 aliphatic carbocycles. The molecule has 0 amide bonds. The van der Waals surface area contributed by atoms with Crippen LogP contribution in [0, 0.1) is 5.92 Å². The molecule has 0 radical (unpaired) electrons. The van der Waals surface area contributed by atoms with Crippen molar-refractivity contribution in [2.75, 3.05) is 11.5 Å². The summed E-state index contributed by atoms with van der Waals surface area (Å²) in [5.41, 5.74) is 0.720. The number of carboxylic acids is 1. The fourth-order valence-electron chi connectivity index (χ4n) is 1.62. The quantitative estimate of drug-likeness (QED) is 0.847. The van der Waals surface area contributed by atoms with Crippen LogP contribution < -0.4 is 0 Å². The van der Waals surface area contributed by atoms with E-state index in [-0.39, 0.29) is 5.75 Å². The highest BCUT2D eigenvalue weighted by molar-refractivity contribution is 7.85. The number of carbonyl (C=O) groups is 1. The first-order valence-corrected chi connectivity index (χ1v) is 7.12. The highest BCUT2D eigenvalue weighted by Crippen LogP contribution is 2.17. The van der Waals surface area contributed by atoms with Crippen molar-refractivity contribution in [2.24, 2.45) is 5.92 Å². The minimum absolute atomic E-state index is 0.192. The average molecular weight is 254 g/mol. The van der Waals surface area contributed by atoms with E-state index in [9.17, 15) is 14.1 Å². The topological polar surface area (TPSA) is 54.4 Å². The molecule has 0 saturated carbocycles. The van der Waals surface area contributed by atoms with Gasteiger partial charge in [0.05, 0.1) is 5.92 Å². The average Bonchev–Trinajstić information content (AvgIpc) is 2.25. The minimum Gasteiger partial charge on any atom is -0.481 e. The van der Waals surface area contributed by atoms with E-state index in [1.165, 1.54) is 0 Å². The van der Waals surface area contributed by atoms with Crippen molar-refractivity contribution in [3.8, 4) is 0 Å². The first-order chi connectivity index (χ1) is 8.00. The summed E-state index contributed by atoms with van der Waals surface area (Å²) in [4.78, 5) is 11.2. The molecule has 0 aromatic heterocycles. The lowest BCUT2D eigenvalue weighted by molar-refractivity contribution is -0.138. The van der Waals surface area contributed by atoms with Crippen LogP contribution in [0.5, 0.6) is 0 Å². The second-order valence-electron chi connectivity index (χ2n) is 4.47. The molecule has 0 aliphatic rings. The predicted octanol–water partition coefficient (Wildman–Crippen LogP) is 2.26. The molecule has 0 bridgehead atoms. The Bertz CT molecular complexity index is 387. The van der Waals surface area contributed by atoms with Gasteiger partial charge in [-0.2, -0.15) is 0 Å². The first-order valence-electron chi connectivity index (χ1n) is 5.63. The smallest absolute Gasteiger partial charge is 0.311 e. The van der Waals surface area contributed by atoms with E-state index < -0.39 is 22.7 Å². The summed E-state index contributed by atoms with van der Waals surface area (Å²) in [5.74, 6) is -0.515. The van der Waals surface area contributed by atoms with Gasteiger partial charge in [0.1, 0.15) is 0 Å². The lowest BCUT2D eigenvalue weighted by atomic mass is 10.0. The van der Waals surface area contributed by atoms with Gasteiger partial charge >= 0.3 is 5.97 Å². The molecule has 0 fully saturated rings. The summed E-state index contributed by atoms with van der Waals surface area (Å²) in [6, 6.07) is 8.98. The molecule has 94 valence electrons. The second kappa shape index (κ2) is 6.55. The van der Waals surface area contributed by atoms with Crippen LogP contribution in [-0.4, -0.2) is 26.8 Å². The summed E-state index contributed by atoms with van der Waals surface area (Å²) < 4.78 is 11.8. The number of hydrogen-bond donors (Lipinski definition) is 1. The van der Waals surface area contributed by atoms with Gasteiger partial charge in [-0.15, -0.1) is 0 Å². The zero-order valence-electron chi connectivity index (χ0n) is 10.1. The molecule has 0 spiro atoms. The van der Waals surface area contributed by atoms with Crippen molar-refractivity contribution >= 4 is 16.8 Å². The third kappa shape index (κ3) is 4.69. The van der Waals surface area contributed by atoms with Gasteiger partial charge in [0.25, 0.3) is 0 Å². The fraction of sp³-hybridized carbons (Fsp3) is 0.462. The highest BCUT2D eigenvalue weighted by Gasteiger charge is 2.22. The van der Waals surface area contributed by atoms with Crippen molar-refractivity contribution in [3.05, 3.63) is 35.9 Å². The molecule has 0 aliphatic heterocycles. The number of carboxylic acid groups (broad SMARTS) is 1. The predicted molar refractivity (Wildman–Crippen MR) is 69.5 cm³/mol. The molecule has 0 heterocycles. The molecule has 2 atom stereocenters. The fourth-order valence-corrected chi connectivity index (χ4v) is 3.21. The van der Waals surface area contributed by atoms with Gasteiger partial charge in [-0.3, -0.25) is 9.00 Å². The number of benzene rings is 1. The number of hydrogen-bond acceptors (Lipinski definition) is 2. The van der Waals surface area contributed by atoms with E-state index >= 15 is 0 Å². The molecule has 4 heteroatoms. The van der Waals surface area contributed by atoms with E-state index in [2.05, 4.69) is 0 Å². The van der Waals surface area contributed by atoms with Crippen molar-refractivity contribution in [2.45, 2.75) is 19.8 Å². The first kappa shape index (κ1) is 13.9. The molecule has 17 heavy (non-hydrogen) atoms. The lowest BCUT2D eigenvalue weighted by Crippen LogP contribution is -2.21. The Kier molecular flexibility index (Phi) is 5.35. The van der Waals surface area contributed by atoms with Crippen LogP contribution in [0.2, 0.25) is 0 Å². The largest absolute Gasteiger partial charge is 0.481 e. The Morgan fingerprint density at radius 3 is 2.29 bits per heavy atom.